The number of hydrogen-bond acceptors (Lipinski definition) is 3. The van der Waals surface area contributed by atoms with Crippen LogP contribution >= 0.6 is 11.6 Å². The van der Waals surface area contributed by atoms with Crippen LogP contribution in [0.15, 0.2) is 78.9 Å². The Morgan fingerprint density at radius 1 is 0.914 bits per heavy atom. The number of ether oxygens (including phenoxy) is 1. The number of carbonyl (C=O) groups excluding carboxylic acids is 2. The summed E-state index contributed by atoms with van der Waals surface area (Å²) < 4.78 is 5.76. The van der Waals surface area contributed by atoms with Crippen LogP contribution in [0.5, 0.6) is 5.75 Å². The van der Waals surface area contributed by atoms with Gasteiger partial charge in [0.05, 0.1) is 0 Å². The molecule has 1 unspecified atom stereocenters. The summed E-state index contributed by atoms with van der Waals surface area (Å²) in [5.74, 6) is 0.406. The van der Waals surface area contributed by atoms with Gasteiger partial charge in [0.15, 0.2) is 6.61 Å². The molecule has 0 saturated carbocycles. The molecular formula is C29H33ClN2O3. The first-order chi connectivity index (χ1) is 16.8. The number of nitrogens with one attached hydrogen (secondary N) is 1. The topological polar surface area (TPSA) is 58.6 Å². The Kier molecular flexibility index (Phi) is 9.74. The largest absolute Gasteiger partial charge is 0.484 e. The summed E-state index contributed by atoms with van der Waals surface area (Å²) in [6, 6.07) is 23.9. The van der Waals surface area contributed by atoms with Gasteiger partial charge < -0.3 is 15.0 Å². The van der Waals surface area contributed by atoms with Crippen LogP contribution in [0.2, 0.25) is 5.02 Å². The highest BCUT2D eigenvalue weighted by atomic mass is 35.5. The van der Waals surface area contributed by atoms with Crippen LogP contribution in [-0.2, 0) is 22.6 Å². The number of amides is 2. The van der Waals surface area contributed by atoms with Crippen molar-refractivity contribution in [1.82, 2.24) is 10.2 Å². The van der Waals surface area contributed by atoms with E-state index in [0.717, 1.165) is 16.7 Å². The number of aryl methyl sites for hydroxylation is 1. The van der Waals surface area contributed by atoms with Crippen molar-refractivity contribution in [1.29, 1.82) is 0 Å². The summed E-state index contributed by atoms with van der Waals surface area (Å²) in [5, 5.41) is 3.62. The fourth-order valence-electron chi connectivity index (χ4n) is 3.63. The number of carbonyl (C=O) groups is 2. The van der Waals surface area contributed by atoms with Crippen molar-refractivity contribution in [3.63, 3.8) is 0 Å². The molecule has 0 saturated heterocycles. The molecule has 0 bridgehead atoms. The number of nitrogens with zero attached hydrogens (tertiary/aromatic N) is 1. The van der Waals surface area contributed by atoms with Crippen molar-refractivity contribution >= 4 is 23.4 Å². The molecule has 0 aromatic heterocycles. The zero-order valence-corrected chi connectivity index (χ0v) is 21.3. The molecule has 1 N–H and O–H groups in total. The summed E-state index contributed by atoms with van der Waals surface area (Å²) in [6.45, 7) is 6.76. The molecule has 0 aliphatic carbocycles. The van der Waals surface area contributed by atoms with Crippen molar-refractivity contribution in [3.05, 3.63) is 101 Å². The molecule has 0 spiro atoms. The van der Waals surface area contributed by atoms with E-state index in [4.69, 9.17) is 16.3 Å². The van der Waals surface area contributed by atoms with E-state index in [2.05, 4.69) is 5.32 Å². The van der Waals surface area contributed by atoms with Crippen LogP contribution in [0.4, 0.5) is 0 Å². The first kappa shape index (κ1) is 26.3. The third kappa shape index (κ3) is 8.45. The molecule has 0 fully saturated rings. The highest BCUT2D eigenvalue weighted by Gasteiger charge is 2.30. The van der Waals surface area contributed by atoms with E-state index >= 15 is 0 Å². The summed E-state index contributed by atoms with van der Waals surface area (Å²) in [5.41, 5.74) is 3.07. The molecular weight excluding hydrogens is 460 g/mol. The summed E-state index contributed by atoms with van der Waals surface area (Å²) in [4.78, 5) is 28.5. The number of benzene rings is 3. The van der Waals surface area contributed by atoms with Gasteiger partial charge in [-0.15, -0.1) is 0 Å². The summed E-state index contributed by atoms with van der Waals surface area (Å²) in [7, 11) is 0. The molecule has 3 rings (SSSR count). The maximum Gasteiger partial charge on any atom is 0.261 e. The third-order valence-electron chi connectivity index (χ3n) is 5.61. The second kappa shape index (κ2) is 13.0. The Morgan fingerprint density at radius 3 is 2.20 bits per heavy atom. The van der Waals surface area contributed by atoms with Crippen LogP contribution in [0.1, 0.15) is 30.5 Å². The smallest absolute Gasteiger partial charge is 0.261 e. The number of halogens is 1. The molecule has 0 aliphatic heterocycles. The molecule has 0 radical (unpaired) electrons. The van der Waals surface area contributed by atoms with Crippen LogP contribution in [-0.4, -0.2) is 35.9 Å². The lowest BCUT2D eigenvalue weighted by molar-refractivity contribution is -0.142. The Labute approximate surface area is 213 Å². The van der Waals surface area contributed by atoms with Crippen LogP contribution in [0.25, 0.3) is 0 Å². The lowest BCUT2D eigenvalue weighted by atomic mass is 10.0. The molecule has 3 aromatic rings. The Morgan fingerprint density at radius 2 is 1.57 bits per heavy atom. The number of rotatable bonds is 11. The minimum Gasteiger partial charge on any atom is -0.484 e. The van der Waals surface area contributed by atoms with Crippen LogP contribution < -0.4 is 10.1 Å². The van der Waals surface area contributed by atoms with E-state index in [1.54, 1.807) is 29.2 Å². The van der Waals surface area contributed by atoms with Crippen molar-refractivity contribution in [2.75, 3.05) is 13.2 Å². The molecule has 2 amide bonds. The fourth-order valence-corrected chi connectivity index (χ4v) is 3.75. The lowest BCUT2D eigenvalue weighted by Gasteiger charge is -2.31. The SMILES string of the molecule is Cc1ccc(CN(C(=O)COc2ccc(Cl)cc2)C(Cc2ccccc2)C(=O)NCC(C)C)cc1. The van der Waals surface area contributed by atoms with Gasteiger partial charge in [0, 0.05) is 24.5 Å². The fraction of sp³-hybridized carbons (Fsp3) is 0.310. The highest BCUT2D eigenvalue weighted by Crippen LogP contribution is 2.18. The molecule has 3 aromatic carbocycles. The quantitative estimate of drug-likeness (QED) is 0.387. The Balaban J connectivity index is 1.88. The zero-order chi connectivity index (χ0) is 25.2. The molecule has 1 atom stereocenters. The van der Waals surface area contributed by atoms with E-state index in [9.17, 15) is 9.59 Å². The monoisotopic (exact) mass is 492 g/mol. The van der Waals surface area contributed by atoms with Gasteiger partial charge in [0.25, 0.3) is 5.91 Å². The van der Waals surface area contributed by atoms with Gasteiger partial charge in [-0.1, -0.05) is 85.6 Å². The first-order valence-electron chi connectivity index (χ1n) is 11.9. The van der Waals surface area contributed by atoms with E-state index in [-0.39, 0.29) is 18.4 Å². The third-order valence-corrected chi connectivity index (χ3v) is 5.86. The van der Waals surface area contributed by atoms with E-state index in [1.807, 2.05) is 75.4 Å². The zero-order valence-electron chi connectivity index (χ0n) is 20.5. The van der Waals surface area contributed by atoms with Crippen molar-refractivity contribution in [2.45, 2.75) is 39.8 Å². The Hall–Kier alpha value is -3.31. The van der Waals surface area contributed by atoms with Crippen LogP contribution in [0, 0.1) is 12.8 Å². The average molecular weight is 493 g/mol. The van der Waals surface area contributed by atoms with Gasteiger partial charge in [0.1, 0.15) is 11.8 Å². The average Bonchev–Trinajstić information content (AvgIpc) is 2.86. The Bertz CT molecular complexity index is 1080. The predicted octanol–water partition coefficient (Wildman–Crippen LogP) is 5.44. The summed E-state index contributed by atoms with van der Waals surface area (Å²) >= 11 is 5.96. The van der Waals surface area contributed by atoms with Gasteiger partial charge in [-0.25, -0.2) is 0 Å². The second-order valence-corrected chi connectivity index (χ2v) is 9.53. The molecule has 5 nitrogen and oxygen atoms in total. The predicted molar refractivity (Wildman–Crippen MR) is 140 cm³/mol. The normalized spacial score (nSPS) is 11.7. The maximum absolute atomic E-state index is 13.5. The molecule has 6 heteroatoms. The van der Waals surface area contributed by atoms with Gasteiger partial charge in [-0.2, -0.15) is 0 Å². The van der Waals surface area contributed by atoms with Crippen LogP contribution in [0.3, 0.4) is 0 Å². The maximum atomic E-state index is 13.5. The van der Waals surface area contributed by atoms with Gasteiger partial charge in [-0.3, -0.25) is 9.59 Å². The van der Waals surface area contributed by atoms with Gasteiger partial charge in [-0.05, 0) is 48.2 Å². The van der Waals surface area contributed by atoms with E-state index in [0.29, 0.717) is 36.2 Å². The van der Waals surface area contributed by atoms with E-state index in [1.165, 1.54) is 0 Å². The highest BCUT2D eigenvalue weighted by molar-refractivity contribution is 6.30. The molecule has 0 heterocycles. The second-order valence-electron chi connectivity index (χ2n) is 9.09. The van der Waals surface area contributed by atoms with Gasteiger partial charge >= 0.3 is 0 Å². The minimum atomic E-state index is -0.682. The lowest BCUT2D eigenvalue weighted by Crippen LogP contribution is -2.52. The molecule has 35 heavy (non-hydrogen) atoms. The molecule has 0 aliphatic rings. The first-order valence-corrected chi connectivity index (χ1v) is 12.2. The van der Waals surface area contributed by atoms with Gasteiger partial charge in [0.2, 0.25) is 5.91 Å². The minimum absolute atomic E-state index is 0.172. The summed E-state index contributed by atoms with van der Waals surface area (Å²) in [6.07, 6.45) is 0.406. The van der Waals surface area contributed by atoms with E-state index < -0.39 is 6.04 Å². The van der Waals surface area contributed by atoms with Crippen molar-refractivity contribution < 1.29 is 14.3 Å². The van der Waals surface area contributed by atoms with Crippen molar-refractivity contribution in [2.24, 2.45) is 5.92 Å². The number of hydrogen-bond donors (Lipinski definition) is 1. The van der Waals surface area contributed by atoms with Crippen molar-refractivity contribution in [3.8, 4) is 5.75 Å². The molecule has 184 valence electrons. The standard InChI is InChI=1S/C29H33ClN2O3/c1-21(2)18-31-29(34)27(17-23-7-5-4-6-8-23)32(19-24-11-9-22(3)10-12-24)28(33)20-35-26-15-13-25(30)14-16-26/h4-16,21,27H,17-20H2,1-3H3,(H,31,34).